The molecule has 1 rings (SSSR count). The van der Waals surface area contributed by atoms with Crippen molar-refractivity contribution in [1.29, 1.82) is 0 Å². The van der Waals surface area contributed by atoms with Crippen molar-refractivity contribution < 1.29 is 5.11 Å². The molecule has 1 fully saturated rings. The number of aliphatic hydroxyl groups is 1. The van der Waals surface area contributed by atoms with Crippen LogP contribution in [-0.4, -0.2) is 35.7 Å². The summed E-state index contributed by atoms with van der Waals surface area (Å²) in [6.45, 7) is 4.42. The molecule has 1 aliphatic heterocycles. The van der Waals surface area contributed by atoms with Gasteiger partial charge in [0.2, 0.25) is 0 Å². The van der Waals surface area contributed by atoms with Crippen LogP contribution in [0.25, 0.3) is 0 Å². The summed E-state index contributed by atoms with van der Waals surface area (Å²) in [7, 11) is 2.15. The Bertz CT molecular complexity index is 160. The first kappa shape index (κ1) is 12.0. The van der Waals surface area contributed by atoms with Gasteiger partial charge in [0.15, 0.2) is 0 Å². The van der Waals surface area contributed by atoms with Crippen LogP contribution in [0.15, 0.2) is 0 Å². The van der Waals surface area contributed by atoms with Gasteiger partial charge in [-0.2, -0.15) is 0 Å². The number of likely N-dealkylation sites (tertiary alicyclic amines) is 1. The molecule has 0 bridgehead atoms. The zero-order chi connectivity index (χ0) is 10.4. The van der Waals surface area contributed by atoms with Gasteiger partial charge in [-0.1, -0.05) is 26.2 Å². The number of hydrogen-bond acceptors (Lipinski definition) is 2. The van der Waals surface area contributed by atoms with Gasteiger partial charge in [0.05, 0.1) is 5.60 Å². The molecular formula is C12H25NO. The molecule has 1 unspecified atom stereocenters. The molecule has 0 aromatic rings. The van der Waals surface area contributed by atoms with E-state index in [1.54, 1.807) is 0 Å². The second-order valence-corrected chi connectivity index (χ2v) is 4.84. The third-order valence-electron chi connectivity index (χ3n) is 3.39. The lowest BCUT2D eigenvalue weighted by Crippen LogP contribution is -2.30. The summed E-state index contributed by atoms with van der Waals surface area (Å²) in [6, 6.07) is 0. The predicted molar refractivity (Wildman–Crippen MR) is 60.4 cm³/mol. The minimum atomic E-state index is -0.347. The second kappa shape index (κ2) is 5.72. The number of rotatable bonds is 4. The van der Waals surface area contributed by atoms with Gasteiger partial charge in [0.25, 0.3) is 0 Å². The Morgan fingerprint density at radius 2 is 2.00 bits per heavy atom. The van der Waals surface area contributed by atoms with Gasteiger partial charge < -0.3 is 10.0 Å². The van der Waals surface area contributed by atoms with Crippen molar-refractivity contribution in [2.24, 2.45) is 0 Å². The molecule has 2 heteroatoms. The molecule has 0 spiro atoms. The normalized spacial score (nSPS) is 30.2. The minimum Gasteiger partial charge on any atom is -0.390 e. The van der Waals surface area contributed by atoms with Crippen LogP contribution in [0.1, 0.15) is 51.9 Å². The molecule has 0 radical (unpaired) electrons. The molecule has 14 heavy (non-hydrogen) atoms. The lowest BCUT2D eigenvalue weighted by molar-refractivity contribution is 0.0152. The Morgan fingerprint density at radius 1 is 1.21 bits per heavy atom. The molecule has 0 aromatic carbocycles. The third-order valence-corrected chi connectivity index (χ3v) is 3.39. The van der Waals surface area contributed by atoms with E-state index in [-0.39, 0.29) is 5.60 Å². The van der Waals surface area contributed by atoms with Crippen molar-refractivity contribution in [3.8, 4) is 0 Å². The molecule has 1 aliphatic rings. The Kier molecular flexibility index (Phi) is 4.90. The van der Waals surface area contributed by atoms with Gasteiger partial charge in [-0.25, -0.2) is 0 Å². The van der Waals surface area contributed by atoms with Crippen LogP contribution in [0.2, 0.25) is 0 Å². The molecule has 1 saturated heterocycles. The summed E-state index contributed by atoms with van der Waals surface area (Å²) in [4.78, 5) is 2.33. The van der Waals surface area contributed by atoms with Crippen LogP contribution in [-0.2, 0) is 0 Å². The third kappa shape index (κ3) is 3.97. The standard InChI is InChI=1S/C12H25NO/c1-3-4-5-7-12(14)8-6-10-13(2)11-9-12/h14H,3-11H2,1-2H3. The summed E-state index contributed by atoms with van der Waals surface area (Å²) in [6.07, 6.45) is 7.83. The highest BCUT2D eigenvalue weighted by atomic mass is 16.3. The molecule has 1 atom stereocenters. The molecule has 84 valence electrons. The molecule has 2 nitrogen and oxygen atoms in total. The average Bonchev–Trinajstić information content (AvgIpc) is 2.30. The maximum atomic E-state index is 10.4. The van der Waals surface area contributed by atoms with Crippen LogP contribution in [0.5, 0.6) is 0 Å². The van der Waals surface area contributed by atoms with Gasteiger partial charge in [0.1, 0.15) is 0 Å². The highest BCUT2D eigenvalue weighted by Gasteiger charge is 2.28. The Balaban J connectivity index is 2.31. The van der Waals surface area contributed by atoms with Gasteiger partial charge in [-0.3, -0.25) is 0 Å². The largest absolute Gasteiger partial charge is 0.390 e. The summed E-state index contributed by atoms with van der Waals surface area (Å²) in [5.74, 6) is 0. The van der Waals surface area contributed by atoms with Crippen molar-refractivity contribution in [3.63, 3.8) is 0 Å². The first-order chi connectivity index (χ1) is 6.66. The van der Waals surface area contributed by atoms with E-state index in [1.807, 2.05) is 0 Å². The molecule has 1 N–H and O–H groups in total. The van der Waals surface area contributed by atoms with Crippen LogP contribution in [0, 0.1) is 0 Å². The van der Waals surface area contributed by atoms with E-state index in [0.29, 0.717) is 0 Å². The highest BCUT2D eigenvalue weighted by molar-refractivity contribution is 4.82. The summed E-state index contributed by atoms with van der Waals surface area (Å²) >= 11 is 0. The topological polar surface area (TPSA) is 23.5 Å². The van der Waals surface area contributed by atoms with Crippen LogP contribution < -0.4 is 0 Å². The number of unbranched alkanes of at least 4 members (excludes halogenated alkanes) is 2. The first-order valence-corrected chi connectivity index (χ1v) is 6.07. The number of nitrogens with zero attached hydrogens (tertiary/aromatic N) is 1. The van der Waals surface area contributed by atoms with E-state index < -0.39 is 0 Å². The van der Waals surface area contributed by atoms with Gasteiger partial charge in [-0.05, 0) is 39.3 Å². The maximum Gasteiger partial charge on any atom is 0.0660 e. The molecule has 0 aliphatic carbocycles. The van der Waals surface area contributed by atoms with E-state index in [2.05, 4.69) is 18.9 Å². The Hall–Kier alpha value is -0.0800. The zero-order valence-electron chi connectivity index (χ0n) is 9.76. The quantitative estimate of drug-likeness (QED) is 0.703. The predicted octanol–water partition coefficient (Wildman–Crippen LogP) is 2.41. The first-order valence-electron chi connectivity index (χ1n) is 6.07. The van der Waals surface area contributed by atoms with Crippen molar-refractivity contribution >= 4 is 0 Å². The molecule has 1 heterocycles. The van der Waals surface area contributed by atoms with Crippen molar-refractivity contribution in [3.05, 3.63) is 0 Å². The SMILES string of the molecule is CCCCCC1(O)CCCN(C)CC1. The van der Waals surface area contributed by atoms with Gasteiger partial charge in [0, 0.05) is 6.54 Å². The summed E-state index contributed by atoms with van der Waals surface area (Å²) in [5.41, 5.74) is -0.347. The van der Waals surface area contributed by atoms with E-state index in [9.17, 15) is 5.11 Å². The zero-order valence-corrected chi connectivity index (χ0v) is 9.76. The van der Waals surface area contributed by atoms with E-state index >= 15 is 0 Å². The smallest absolute Gasteiger partial charge is 0.0660 e. The van der Waals surface area contributed by atoms with E-state index in [4.69, 9.17) is 0 Å². The van der Waals surface area contributed by atoms with Crippen LogP contribution in [0.4, 0.5) is 0 Å². The van der Waals surface area contributed by atoms with E-state index in [0.717, 1.165) is 38.8 Å². The Labute approximate surface area is 88.3 Å². The molecule has 0 amide bonds. The van der Waals surface area contributed by atoms with Gasteiger partial charge >= 0.3 is 0 Å². The maximum absolute atomic E-state index is 10.4. The fourth-order valence-corrected chi connectivity index (χ4v) is 2.27. The monoisotopic (exact) mass is 199 g/mol. The minimum absolute atomic E-state index is 0.347. The van der Waals surface area contributed by atoms with Crippen molar-refractivity contribution in [2.75, 3.05) is 20.1 Å². The number of hydrogen-bond donors (Lipinski definition) is 1. The van der Waals surface area contributed by atoms with E-state index in [1.165, 1.54) is 19.3 Å². The lowest BCUT2D eigenvalue weighted by atomic mass is 9.89. The van der Waals surface area contributed by atoms with Gasteiger partial charge in [-0.15, -0.1) is 0 Å². The molecular weight excluding hydrogens is 174 g/mol. The molecule has 0 aromatic heterocycles. The second-order valence-electron chi connectivity index (χ2n) is 4.84. The highest BCUT2D eigenvalue weighted by Crippen LogP contribution is 2.27. The summed E-state index contributed by atoms with van der Waals surface area (Å²) < 4.78 is 0. The summed E-state index contributed by atoms with van der Waals surface area (Å²) in [5, 5.41) is 10.4. The van der Waals surface area contributed by atoms with Crippen LogP contribution >= 0.6 is 0 Å². The fourth-order valence-electron chi connectivity index (χ4n) is 2.27. The Morgan fingerprint density at radius 3 is 2.71 bits per heavy atom. The molecule has 0 saturated carbocycles. The lowest BCUT2D eigenvalue weighted by Gasteiger charge is -2.26. The fraction of sp³-hybridized carbons (Fsp3) is 1.00. The van der Waals surface area contributed by atoms with Crippen molar-refractivity contribution in [2.45, 2.75) is 57.5 Å². The van der Waals surface area contributed by atoms with Crippen molar-refractivity contribution in [1.82, 2.24) is 4.90 Å². The van der Waals surface area contributed by atoms with Crippen LogP contribution in [0.3, 0.4) is 0 Å². The average molecular weight is 199 g/mol.